The Labute approximate surface area is 239 Å². The minimum atomic E-state index is -4.94. The molecular weight excluding hydrogens is 543 g/mol. The van der Waals surface area contributed by atoms with E-state index in [0.29, 0.717) is 27.9 Å². The number of aromatic nitrogens is 2. The van der Waals surface area contributed by atoms with Crippen LogP contribution < -0.4 is 5.56 Å². The van der Waals surface area contributed by atoms with Crippen LogP contribution in [0.25, 0.3) is 33.3 Å². The van der Waals surface area contributed by atoms with Gasteiger partial charge in [0.2, 0.25) is 0 Å². The highest BCUT2D eigenvalue weighted by Crippen LogP contribution is 2.39. The van der Waals surface area contributed by atoms with E-state index in [9.17, 15) is 28.0 Å². The number of esters is 1. The van der Waals surface area contributed by atoms with Crippen molar-refractivity contribution in [2.45, 2.75) is 33.4 Å². The van der Waals surface area contributed by atoms with E-state index >= 15 is 0 Å². The number of H-pyrrole nitrogens is 2. The molecule has 3 aromatic carbocycles. The Balaban J connectivity index is 1.67. The van der Waals surface area contributed by atoms with Crippen molar-refractivity contribution in [1.29, 1.82) is 5.26 Å². The molecule has 0 aliphatic rings. The van der Waals surface area contributed by atoms with E-state index in [-0.39, 0.29) is 24.3 Å². The van der Waals surface area contributed by atoms with Crippen LogP contribution in [0, 0.1) is 25.2 Å². The summed E-state index contributed by atoms with van der Waals surface area (Å²) in [5.74, 6) is -0.473. The number of nitrogens with zero attached hydrogens (tertiary/aromatic N) is 1. The van der Waals surface area contributed by atoms with Gasteiger partial charge < -0.3 is 14.7 Å². The highest BCUT2D eigenvalue weighted by molar-refractivity contribution is 5.96. The van der Waals surface area contributed by atoms with Crippen molar-refractivity contribution in [1.82, 2.24) is 9.97 Å². The summed E-state index contributed by atoms with van der Waals surface area (Å²) in [7, 11) is 0. The Morgan fingerprint density at radius 1 is 0.952 bits per heavy atom. The second-order valence-corrected chi connectivity index (χ2v) is 10.1. The fourth-order valence-corrected chi connectivity index (χ4v) is 5.20. The fraction of sp³-hybridized carbons (Fsp3) is 0.182. The molecule has 0 aliphatic heterocycles. The number of pyridine rings is 1. The van der Waals surface area contributed by atoms with Gasteiger partial charge >= 0.3 is 12.1 Å². The monoisotopic (exact) mass is 569 g/mol. The first kappa shape index (κ1) is 28.4. The van der Waals surface area contributed by atoms with Crippen LogP contribution in [0.1, 0.15) is 50.8 Å². The zero-order valence-corrected chi connectivity index (χ0v) is 23.1. The number of ether oxygens (including phenoxy) is 1. The molecule has 0 fully saturated rings. The van der Waals surface area contributed by atoms with E-state index in [0.717, 1.165) is 22.1 Å². The average molecular weight is 570 g/mol. The number of hydrogen-bond acceptors (Lipinski definition) is 4. The number of fused-ring (bicyclic) bond motifs is 1. The van der Waals surface area contributed by atoms with E-state index in [4.69, 9.17) is 4.74 Å². The number of hydrogen-bond donors (Lipinski definition) is 2. The predicted molar refractivity (Wildman–Crippen MR) is 154 cm³/mol. The second kappa shape index (κ2) is 11.1. The van der Waals surface area contributed by atoms with Gasteiger partial charge in [-0.3, -0.25) is 4.79 Å². The molecule has 2 heterocycles. The third-order valence-electron chi connectivity index (χ3n) is 7.18. The molecule has 0 saturated heterocycles. The van der Waals surface area contributed by atoms with Crippen molar-refractivity contribution < 1.29 is 22.7 Å². The average Bonchev–Trinajstić information content (AvgIpc) is 3.38. The zero-order chi connectivity index (χ0) is 30.2. The lowest BCUT2D eigenvalue weighted by Crippen LogP contribution is -2.23. The summed E-state index contributed by atoms with van der Waals surface area (Å²) >= 11 is 0. The van der Waals surface area contributed by atoms with E-state index in [1.54, 1.807) is 43.3 Å². The smallest absolute Gasteiger partial charge is 0.418 e. The number of nitriles is 1. The molecule has 0 amide bonds. The summed E-state index contributed by atoms with van der Waals surface area (Å²) in [4.78, 5) is 30.6. The first-order valence-electron chi connectivity index (χ1n) is 13.2. The number of aromatic amines is 2. The maximum atomic E-state index is 14.5. The Hall–Kier alpha value is -5.10. The van der Waals surface area contributed by atoms with Gasteiger partial charge in [0.1, 0.15) is 17.3 Å². The number of benzene rings is 3. The maximum Gasteiger partial charge on any atom is 0.418 e. The van der Waals surface area contributed by atoms with Gasteiger partial charge in [0, 0.05) is 17.3 Å². The normalized spacial score (nSPS) is 11.5. The molecule has 212 valence electrons. The molecule has 0 bridgehead atoms. The van der Waals surface area contributed by atoms with Gasteiger partial charge in [0.25, 0.3) is 5.56 Å². The van der Waals surface area contributed by atoms with Crippen LogP contribution in [0.2, 0.25) is 0 Å². The maximum absolute atomic E-state index is 14.5. The highest BCUT2D eigenvalue weighted by atomic mass is 19.4. The summed E-state index contributed by atoms with van der Waals surface area (Å²) in [6.07, 6.45) is -5.08. The van der Waals surface area contributed by atoms with E-state index in [2.05, 4.69) is 9.97 Å². The van der Waals surface area contributed by atoms with Crippen LogP contribution in [-0.4, -0.2) is 22.5 Å². The number of rotatable bonds is 6. The molecule has 5 aromatic rings. The second-order valence-electron chi connectivity index (χ2n) is 10.1. The number of carbonyl (C=O) groups is 1. The molecule has 5 rings (SSSR count). The Morgan fingerprint density at radius 3 is 2.38 bits per heavy atom. The summed E-state index contributed by atoms with van der Waals surface area (Å²) in [6.45, 7) is 5.67. The quantitative estimate of drug-likeness (QED) is 0.207. The molecule has 0 saturated carbocycles. The largest absolute Gasteiger partial charge is 0.461 e. The van der Waals surface area contributed by atoms with Crippen molar-refractivity contribution in [3.8, 4) is 28.5 Å². The van der Waals surface area contributed by atoms with Crippen LogP contribution in [-0.2, 0) is 17.3 Å². The lowest BCUT2D eigenvalue weighted by atomic mass is 9.89. The Morgan fingerprint density at radius 2 is 1.69 bits per heavy atom. The topological polar surface area (TPSA) is 98.7 Å². The molecule has 0 atom stereocenters. The number of carbonyl (C=O) groups excluding carboxylic acids is 1. The number of halogens is 3. The van der Waals surface area contributed by atoms with Gasteiger partial charge in [-0.25, -0.2) is 4.79 Å². The Kier molecular flexibility index (Phi) is 7.48. The van der Waals surface area contributed by atoms with Gasteiger partial charge in [-0.1, -0.05) is 54.1 Å². The minimum absolute atomic E-state index is 0.00120. The first-order valence-corrected chi connectivity index (χ1v) is 13.2. The van der Waals surface area contributed by atoms with E-state index in [1.807, 2.05) is 44.2 Å². The van der Waals surface area contributed by atoms with Crippen LogP contribution in [0.15, 0.2) is 71.5 Å². The van der Waals surface area contributed by atoms with Crippen LogP contribution in [0.3, 0.4) is 0 Å². The molecule has 0 aliphatic carbocycles. The van der Waals surface area contributed by atoms with Crippen molar-refractivity contribution in [3.05, 3.63) is 116 Å². The van der Waals surface area contributed by atoms with E-state index < -0.39 is 28.8 Å². The minimum Gasteiger partial charge on any atom is -0.461 e. The summed E-state index contributed by atoms with van der Waals surface area (Å²) in [5, 5.41) is 10.3. The van der Waals surface area contributed by atoms with Crippen molar-refractivity contribution >= 4 is 16.9 Å². The van der Waals surface area contributed by atoms with E-state index in [1.165, 1.54) is 6.07 Å². The molecule has 9 heteroatoms. The van der Waals surface area contributed by atoms with Crippen LogP contribution in [0.4, 0.5) is 13.2 Å². The van der Waals surface area contributed by atoms with Gasteiger partial charge in [-0.15, -0.1) is 0 Å². The third kappa shape index (κ3) is 5.44. The number of aryl methyl sites for hydroxylation is 2. The molecular formula is C33H26F3N3O3. The fourth-order valence-electron chi connectivity index (χ4n) is 5.20. The lowest BCUT2D eigenvalue weighted by Gasteiger charge is -2.19. The molecule has 2 aromatic heterocycles. The Bertz CT molecular complexity index is 1940. The standard InChI is InChI=1S/C33H26F3N3O3/c1-4-42-32(41)28-16-23-11-10-22(15-27(23)38-28)21-6-5-7-24(13-21)30-25(14-20-9-8-18(2)12-19(20)3)29(33(34,35)36)26(17-37)31(40)39-30/h5-13,15-16,38H,4,14H2,1-3H3,(H,39,40). The summed E-state index contributed by atoms with van der Waals surface area (Å²) in [6, 6.07) is 20.9. The van der Waals surface area contributed by atoms with Gasteiger partial charge in [-0.05, 0) is 72.4 Å². The zero-order valence-electron chi connectivity index (χ0n) is 23.1. The molecule has 0 radical (unpaired) electrons. The number of alkyl halides is 3. The predicted octanol–water partition coefficient (Wildman–Crippen LogP) is 7.47. The molecule has 6 nitrogen and oxygen atoms in total. The first-order chi connectivity index (χ1) is 20.0. The third-order valence-corrected chi connectivity index (χ3v) is 7.18. The van der Waals surface area contributed by atoms with Crippen molar-refractivity contribution in [3.63, 3.8) is 0 Å². The highest BCUT2D eigenvalue weighted by Gasteiger charge is 2.39. The summed E-state index contributed by atoms with van der Waals surface area (Å²) < 4.78 is 48.6. The molecule has 2 N–H and O–H groups in total. The lowest BCUT2D eigenvalue weighted by molar-refractivity contribution is -0.138. The van der Waals surface area contributed by atoms with Gasteiger partial charge in [0.05, 0.1) is 17.9 Å². The van der Waals surface area contributed by atoms with Crippen molar-refractivity contribution in [2.24, 2.45) is 0 Å². The van der Waals surface area contributed by atoms with Gasteiger partial charge in [-0.2, -0.15) is 18.4 Å². The SMILES string of the molecule is CCOC(=O)c1cc2ccc(-c3cccc(-c4[nH]c(=O)c(C#N)c(C(F)(F)F)c4Cc4ccc(C)cc4C)c3)cc2[nH]1. The molecule has 0 spiro atoms. The number of nitrogens with one attached hydrogen (secondary N) is 2. The van der Waals surface area contributed by atoms with Crippen molar-refractivity contribution in [2.75, 3.05) is 6.61 Å². The molecule has 0 unspecified atom stereocenters. The van der Waals surface area contributed by atoms with Gasteiger partial charge in [0.15, 0.2) is 0 Å². The summed E-state index contributed by atoms with van der Waals surface area (Å²) in [5.41, 5.74) is 1.71. The van der Waals surface area contributed by atoms with Crippen LogP contribution in [0.5, 0.6) is 0 Å². The molecule has 42 heavy (non-hydrogen) atoms. The van der Waals surface area contributed by atoms with Crippen LogP contribution >= 0.6 is 0 Å².